The van der Waals surface area contributed by atoms with Crippen molar-refractivity contribution < 1.29 is 38.8 Å². The van der Waals surface area contributed by atoms with Crippen LogP contribution < -0.4 is 5.73 Å². The number of esters is 3. The molecule has 0 aliphatic carbocycles. The topological polar surface area (TPSA) is 152 Å². The lowest BCUT2D eigenvalue weighted by molar-refractivity contribution is -0.174. The van der Waals surface area contributed by atoms with Gasteiger partial charge in [-0.3, -0.25) is 0 Å². The number of nitrogens with zero attached hydrogens (tertiary/aromatic N) is 2. The number of ether oxygens (including phenoxy) is 3. The Labute approximate surface area is 206 Å². The molecule has 1 aliphatic heterocycles. The molecule has 1 fully saturated rings. The van der Waals surface area contributed by atoms with E-state index in [4.69, 9.17) is 19.9 Å². The molecular formula is C24H39N3O8. The molecule has 0 spiro atoms. The summed E-state index contributed by atoms with van der Waals surface area (Å²) < 4.78 is 15.5. The van der Waals surface area contributed by atoms with Crippen molar-refractivity contribution in [2.75, 3.05) is 32.9 Å². The van der Waals surface area contributed by atoms with Gasteiger partial charge in [0.15, 0.2) is 0 Å². The Morgan fingerprint density at radius 1 is 0.800 bits per heavy atom. The van der Waals surface area contributed by atoms with Gasteiger partial charge >= 0.3 is 17.9 Å². The molecule has 1 rings (SSSR count). The average Bonchev–Trinajstić information content (AvgIpc) is 2.79. The number of hydrogen-bond donors (Lipinski definition) is 3. The second-order valence-electron chi connectivity index (χ2n) is 8.66. The Balaban J connectivity index is 2.97. The van der Waals surface area contributed by atoms with E-state index in [9.17, 15) is 24.6 Å². The van der Waals surface area contributed by atoms with E-state index in [1.54, 1.807) is 6.92 Å². The second-order valence-corrected chi connectivity index (χ2v) is 8.66. The van der Waals surface area contributed by atoms with Crippen LogP contribution in [-0.4, -0.2) is 89.6 Å². The van der Waals surface area contributed by atoms with Crippen molar-refractivity contribution in [1.29, 1.82) is 0 Å². The molecule has 0 amide bonds. The lowest BCUT2D eigenvalue weighted by Crippen LogP contribution is -2.64. The van der Waals surface area contributed by atoms with Crippen molar-refractivity contribution in [3.63, 3.8) is 0 Å². The quantitative estimate of drug-likeness (QED) is 0.198. The molecule has 11 heteroatoms. The Hall–Kier alpha value is -2.57. The van der Waals surface area contributed by atoms with Gasteiger partial charge in [-0.15, -0.1) is 0 Å². The van der Waals surface area contributed by atoms with Crippen molar-refractivity contribution in [2.45, 2.75) is 58.8 Å². The van der Waals surface area contributed by atoms with Gasteiger partial charge < -0.3 is 30.2 Å². The van der Waals surface area contributed by atoms with Crippen LogP contribution in [0.15, 0.2) is 36.5 Å². The molecule has 1 saturated heterocycles. The molecule has 1 aliphatic rings. The molecule has 0 bridgehead atoms. The number of rotatable bonds is 12. The number of nitrogens with two attached hydrogens (primary N) is 1. The highest BCUT2D eigenvalue weighted by atomic mass is 16.5. The molecule has 4 unspecified atom stereocenters. The normalized spacial score (nSPS) is 23.5. The van der Waals surface area contributed by atoms with Gasteiger partial charge in [0, 0.05) is 35.7 Å². The van der Waals surface area contributed by atoms with E-state index in [2.05, 4.69) is 19.7 Å². The van der Waals surface area contributed by atoms with Gasteiger partial charge in [0.25, 0.3) is 0 Å². The minimum absolute atomic E-state index is 0.0503. The maximum absolute atomic E-state index is 11.8. The van der Waals surface area contributed by atoms with E-state index in [1.165, 1.54) is 23.6 Å². The van der Waals surface area contributed by atoms with Gasteiger partial charge in [-0.1, -0.05) is 19.7 Å². The minimum atomic E-state index is -1.09. The Kier molecular flexibility index (Phi) is 12.8. The fraction of sp³-hybridized carbons (Fsp3) is 0.625. The van der Waals surface area contributed by atoms with E-state index in [0.717, 1.165) is 0 Å². The Morgan fingerprint density at radius 3 is 1.69 bits per heavy atom. The van der Waals surface area contributed by atoms with Crippen LogP contribution in [0, 0.1) is 5.92 Å². The summed E-state index contributed by atoms with van der Waals surface area (Å²) >= 11 is 0. The van der Waals surface area contributed by atoms with Crippen molar-refractivity contribution in [3.05, 3.63) is 36.5 Å². The lowest BCUT2D eigenvalue weighted by Gasteiger charge is -2.45. The van der Waals surface area contributed by atoms with Gasteiger partial charge in [0.05, 0.1) is 6.61 Å². The third-order valence-corrected chi connectivity index (χ3v) is 5.55. The number of hydrogen-bond acceptors (Lipinski definition) is 11. The Morgan fingerprint density at radius 2 is 1.23 bits per heavy atom. The van der Waals surface area contributed by atoms with E-state index in [0.29, 0.717) is 12.8 Å². The van der Waals surface area contributed by atoms with Crippen molar-refractivity contribution in [3.8, 4) is 0 Å². The smallest absolute Gasteiger partial charge is 0.333 e. The molecule has 1 heterocycles. The largest absolute Gasteiger partial charge is 0.462 e. The molecule has 0 aromatic heterocycles. The fourth-order valence-corrected chi connectivity index (χ4v) is 3.47. The highest BCUT2D eigenvalue weighted by molar-refractivity contribution is 5.87. The monoisotopic (exact) mass is 497 g/mol. The standard InChI is InChI=1S/C24H39N3O8/c1-15(2)21(30)33-12-9-18-7-8-19(28)26(10-13-34-22(31)16(3)4)24(25)27(20(18)29)11-14-35-23(32)17(5)6/h18-20,24,28-29H,1,3,5,7-14,25H2,2,4,6H3. The third-order valence-electron chi connectivity index (χ3n) is 5.55. The minimum Gasteiger partial charge on any atom is -0.462 e. The average molecular weight is 498 g/mol. The highest BCUT2D eigenvalue weighted by Gasteiger charge is 2.37. The highest BCUT2D eigenvalue weighted by Crippen LogP contribution is 2.26. The second kappa shape index (κ2) is 14.7. The third kappa shape index (κ3) is 9.90. The number of aliphatic hydroxyl groups is 2. The SMILES string of the molecule is C=C(C)C(=O)OCCC1CCC(O)N(CCOC(=O)C(=C)C)C(N)N(CCOC(=O)C(=C)C)C1O. The predicted molar refractivity (Wildman–Crippen MR) is 128 cm³/mol. The van der Waals surface area contributed by atoms with Crippen LogP contribution in [0.3, 0.4) is 0 Å². The maximum Gasteiger partial charge on any atom is 0.333 e. The predicted octanol–water partition coefficient (Wildman–Crippen LogP) is 0.628. The van der Waals surface area contributed by atoms with Crippen molar-refractivity contribution in [1.82, 2.24) is 9.80 Å². The van der Waals surface area contributed by atoms with Crippen molar-refractivity contribution >= 4 is 17.9 Å². The van der Waals surface area contributed by atoms with Gasteiger partial charge in [-0.05, 0) is 40.0 Å². The van der Waals surface area contributed by atoms with E-state index in [1.807, 2.05) is 0 Å². The molecule has 4 atom stereocenters. The summed E-state index contributed by atoms with van der Waals surface area (Å²) in [6, 6.07) is 0. The first kappa shape index (κ1) is 30.5. The molecule has 0 aromatic carbocycles. The molecule has 35 heavy (non-hydrogen) atoms. The van der Waals surface area contributed by atoms with Crippen LogP contribution in [0.5, 0.6) is 0 Å². The fourth-order valence-electron chi connectivity index (χ4n) is 3.47. The van der Waals surface area contributed by atoms with Gasteiger partial charge in [-0.25, -0.2) is 24.2 Å². The summed E-state index contributed by atoms with van der Waals surface area (Å²) in [7, 11) is 0. The molecular weight excluding hydrogens is 458 g/mol. The lowest BCUT2D eigenvalue weighted by atomic mass is 9.94. The summed E-state index contributed by atoms with van der Waals surface area (Å²) in [4.78, 5) is 38.1. The first-order valence-electron chi connectivity index (χ1n) is 11.5. The van der Waals surface area contributed by atoms with Crippen molar-refractivity contribution in [2.24, 2.45) is 11.7 Å². The van der Waals surface area contributed by atoms with Crippen LogP contribution in [0.1, 0.15) is 40.0 Å². The van der Waals surface area contributed by atoms with E-state index < -0.39 is 42.6 Å². The van der Waals surface area contributed by atoms with Crippen LogP contribution in [0.4, 0.5) is 0 Å². The zero-order valence-electron chi connectivity index (χ0n) is 20.9. The summed E-state index contributed by atoms with van der Waals surface area (Å²) in [5.74, 6) is -2.06. The summed E-state index contributed by atoms with van der Waals surface area (Å²) in [6.07, 6.45) is -2.10. The summed E-state index contributed by atoms with van der Waals surface area (Å²) in [5, 5.41) is 22.0. The molecule has 11 nitrogen and oxygen atoms in total. The molecule has 0 saturated carbocycles. The van der Waals surface area contributed by atoms with Crippen LogP contribution in [-0.2, 0) is 28.6 Å². The molecule has 0 aromatic rings. The van der Waals surface area contributed by atoms with E-state index in [-0.39, 0.29) is 56.1 Å². The number of carbonyl (C=O) groups excluding carboxylic acids is 3. The van der Waals surface area contributed by atoms with Crippen LogP contribution >= 0.6 is 0 Å². The molecule has 0 radical (unpaired) electrons. The van der Waals surface area contributed by atoms with E-state index >= 15 is 0 Å². The first-order chi connectivity index (χ1) is 16.4. The Bertz CT molecular complexity index is 800. The zero-order valence-corrected chi connectivity index (χ0v) is 20.9. The number of carbonyl (C=O) groups is 3. The first-order valence-corrected chi connectivity index (χ1v) is 11.5. The summed E-state index contributed by atoms with van der Waals surface area (Å²) in [6.45, 7) is 15.3. The summed E-state index contributed by atoms with van der Waals surface area (Å²) in [5.41, 5.74) is 7.17. The molecule has 198 valence electrons. The van der Waals surface area contributed by atoms with Gasteiger partial charge in [-0.2, -0.15) is 0 Å². The van der Waals surface area contributed by atoms with Gasteiger partial charge in [0.1, 0.15) is 32.0 Å². The van der Waals surface area contributed by atoms with Gasteiger partial charge in [0.2, 0.25) is 0 Å². The van der Waals surface area contributed by atoms with Crippen LogP contribution in [0.2, 0.25) is 0 Å². The van der Waals surface area contributed by atoms with Crippen LogP contribution in [0.25, 0.3) is 0 Å². The zero-order chi connectivity index (χ0) is 26.7. The molecule has 4 N–H and O–H groups in total. The number of aliphatic hydroxyl groups excluding tert-OH is 2. The maximum atomic E-state index is 11.8.